The second-order valence-electron chi connectivity index (χ2n) is 8.42. The predicted octanol–water partition coefficient (Wildman–Crippen LogP) is 7.50. The summed E-state index contributed by atoms with van der Waals surface area (Å²) in [4.78, 5) is 34.3. The standard InChI is InChI=1S/C28H19Cl2N3O3S2/c1-16-6-8-18(13-22(16)29)32-26(34)21(15-20-10-11-25(36-20)38-24-5-3-4-12-31-24)27(35)33(28(32)37)19-9-7-17(2)23(30)14-19/h3-15H,1-2H3. The number of carbonyl (C=O) groups is 2. The van der Waals surface area contributed by atoms with Crippen molar-refractivity contribution in [2.24, 2.45) is 0 Å². The third-order valence-electron chi connectivity index (χ3n) is 5.81. The zero-order valence-electron chi connectivity index (χ0n) is 20.1. The third-order valence-corrected chi connectivity index (χ3v) is 7.86. The maximum Gasteiger partial charge on any atom is 0.270 e. The number of aromatic nitrogens is 1. The molecular weight excluding hydrogens is 561 g/mol. The second-order valence-corrected chi connectivity index (χ2v) is 10.6. The van der Waals surface area contributed by atoms with E-state index in [0.717, 1.165) is 16.2 Å². The molecule has 0 atom stereocenters. The number of aryl methyl sites for hydroxylation is 2. The number of hydrogen-bond acceptors (Lipinski definition) is 6. The molecule has 3 heterocycles. The number of nitrogens with zero attached hydrogens (tertiary/aromatic N) is 3. The van der Waals surface area contributed by atoms with Crippen molar-refractivity contribution in [2.45, 2.75) is 24.0 Å². The van der Waals surface area contributed by atoms with E-state index in [2.05, 4.69) is 4.98 Å². The highest BCUT2D eigenvalue weighted by Gasteiger charge is 2.41. The van der Waals surface area contributed by atoms with Crippen molar-refractivity contribution in [3.05, 3.63) is 105 Å². The summed E-state index contributed by atoms with van der Waals surface area (Å²) in [6.45, 7) is 3.71. The molecule has 38 heavy (non-hydrogen) atoms. The predicted molar refractivity (Wildman–Crippen MR) is 155 cm³/mol. The molecule has 2 aromatic heterocycles. The molecule has 2 aromatic carbocycles. The fourth-order valence-electron chi connectivity index (χ4n) is 3.75. The number of benzene rings is 2. The summed E-state index contributed by atoms with van der Waals surface area (Å²) in [5.41, 5.74) is 2.42. The van der Waals surface area contributed by atoms with Crippen LogP contribution in [0, 0.1) is 13.8 Å². The molecule has 0 aliphatic carbocycles. The zero-order valence-corrected chi connectivity index (χ0v) is 23.3. The lowest BCUT2D eigenvalue weighted by Crippen LogP contribution is -2.57. The minimum atomic E-state index is -0.593. The molecule has 10 heteroatoms. The lowest BCUT2D eigenvalue weighted by Gasteiger charge is -2.36. The fourth-order valence-corrected chi connectivity index (χ4v) is 5.21. The van der Waals surface area contributed by atoms with Crippen molar-refractivity contribution in [1.29, 1.82) is 0 Å². The molecule has 6 nitrogen and oxygen atoms in total. The summed E-state index contributed by atoms with van der Waals surface area (Å²) in [7, 11) is 0. The number of amides is 2. The van der Waals surface area contributed by atoms with E-state index in [1.54, 1.807) is 54.7 Å². The highest BCUT2D eigenvalue weighted by Crippen LogP contribution is 2.34. The van der Waals surface area contributed by atoms with Gasteiger partial charge in [0.1, 0.15) is 16.4 Å². The van der Waals surface area contributed by atoms with E-state index < -0.39 is 11.8 Å². The first-order chi connectivity index (χ1) is 18.2. The molecule has 2 amide bonds. The topological polar surface area (TPSA) is 66.7 Å². The molecule has 1 aliphatic heterocycles. The van der Waals surface area contributed by atoms with Gasteiger partial charge >= 0.3 is 0 Å². The van der Waals surface area contributed by atoms with Crippen LogP contribution in [0.3, 0.4) is 0 Å². The number of hydrogen-bond donors (Lipinski definition) is 0. The quantitative estimate of drug-likeness (QED) is 0.138. The third kappa shape index (κ3) is 5.13. The van der Waals surface area contributed by atoms with Crippen molar-refractivity contribution in [2.75, 3.05) is 9.80 Å². The van der Waals surface area contributed by atoms with Crippen LogP contribution in [0.25, 0.3) is 6.08 Å². The van der Waals surface area contributed by atoms with Crippen molar-refractivity contribution in [3.8, 4) is 0 Å². The van der Waals surface area contributed by atoms with Gasteiger partial charge in [-0.3, -0.25) is 19.4 Å². The largest absolute Gasteiger partial charge is 0.450 e. The lowest BCUT2D eigenvalue weighted by atomic mass is 10.1. The summed E-state index contributed by atoms with van der Waals surface area (Å²) in [5.74, 6) is -0.855. The number of anilines is 2. The average Bonchev–Trinajstić information content (AvgIpc) is 3.33. The van der Waals surface area contributed by atoms with Crippen LogP contribution >= 0.6 is 47.2 Å². The minimum absolute atomic E-state index is 0.0113. The highest BCUT2D eigenvalue weighted by molar-refractivity contribution is 7.99. The van der Waals surface area contributed by atoms with Gasteiger partial charge in [-0.15, -0.1) is 0 Å². The Labute approximate surface area is 238 Å². The summed E-state index contributed by atoms with van der Waals surface area (Å²) in [5, 5.41) is 2.23. The molecule has 4 aromatic rings. The van der Waals surface area contributed by atoms with Gasteiger partial charge in [0.05, 0.1) is 11.4 Å². The molecule has 0 bridgehead atoms. The van der Waals surface area contributed by atoms with E-state index in [9.17, 15) is 9.59 Å². The number of rotatable bonds is 5. The van der Waals surface area contributed by atoms with Gasteiger partial charge in [-0.05, 0) is 104 Å². The Hall–Kier alpha value is -3.43. The van der Waals surface area contributed by atoms with Crippen LogP contribution in [0.1, 0.15) is 16.9 Å². The monoisotopic (exact) mass is 579 g/mol. The first-order valence-electron chi connectivity index (χ1n) is 11.4. The molecule has 1 fully saturated rings. The number of pyridine rings is 1. The smallest absolute Gasteiger partial charge is 0.270 e. The molecule has 1 aliphatic rings. The van der Waals surface area contributed by atoms with Gasteiger partial charge in [-0.1, -0.05) is 41.4 Å². The Morgan fingerprint density at radius 3 is 2.00 bits per heavy atom. The minimum Gasteiger partial charge on any atom is -0.450 e. The van der Waals surface area contributed by atoms with Gasteiger partial charge in [-0.25, -0.2) is 4.98 Å². The van der Waals surface area contributed by atoms with Gasteiger partial charge in [0, 0.05) is 16.2 Å². The summed E-state index contributed by atoms with van der Waals surface area (Å²) < 4.78 is 5.90. The van der Waals surface area contributed by atoms with E-state index >= 15 is 0 Å². The van der Waals surface area contributed by atoms with Crippen LogP contribution < -0.4 is 9.80 Å². The Balaban J connectivity index is 1.58. The van der Waals surface area contributed by atoms with Crippen LogP contribution in [0.2, 0.25) is 10.0 Å². The van der Waals surface area contributed by atoms with E-state index in [1.165, 1.54) is 27.6 Å². The van der Waals surface area contributed by atoms with Crippen LogP contribution in [-0.2, 0) is 9.59 Å². The van der Waals surface area contributed by atoms with Crippen molar-refractivity contribution >= 4 is 81.6 Å². The van der Waals surface area contributed by atoms with Crippen molar-refractivity contribution in [1.82, 2.24) is 4.98 Å². The lowest BCUT2D eigenvalue weighted by molar-refractivity contribution is -0.120. The molecular formula is C28H19Cl2N3O3S2. The first kappa shape index (κ1) is 26.2. The highest BCUT2D eigenvalue weighted by atomic mass is 35.5. The molecule has 0 spiro atoms. The zero-order chi connectivity index (χ0) is 27.0. The maximum absolute atomic E-state index is 13.7. The van der Waals surface area contributed by atoms with Crippen LogP contribution in [0.4, 0.5) is 11.4 Å². The van der Waals surface area contributed by atoms with Crippen LogP contribution in [0.15, 0.2) is 93.0 Å². The molecule has 190 valence electrons. The van der Waals surface area contributed by atoms with Gasteiger partial charge in [0.25, 0.3) is 11.8 Å². The summed E-state index contributed by atoms with van der Waals surface area (Å²) in [6.07, 6.45) is 3.11. The SMILES string of the molecule is Cc1ccc(N2C(=O)C(=Cc3ccc(Sc4ccccn4)o3)C(=O)N(c3ccc(C)c(Cl)c3)C2=S)cc1Cl. The number of carbonyl (C=O) groups excluding carboxylic acids is 2. The Morgan fingerprint density at radius 2 is 1.47 bits per heavy atom. The van der Waals surface area contributed by atoms with Crippen molar-refractivity contribution in [3.63, 3.8) is 0 Å². The second kappa shape index (κ2) is 10.7. The fraction of sp³-hybridized carbons (Fsp3) is 0.0714. The number of furan rings is 1. The van der Waals surface area contributed by atoms with Crippen LogP contribution in [-0.4, -0.2) is 21.9 Å². The van der Waals surface area contributed by atoms with E-state index in [4.69, 9.17) is 39.8 Å². The first-order valence-corrected chi connectivity index (χ1v) is 13.4. The molecule has 1 saturated heterocycles. The van der Waals surface area contributed by atoms with Gasteiger partial charge in [-0.2, -0.15) is 0 Å². The van der Waals surface area contributed by atoms with E-state index in [-0.39, 0.29) is 10.7 Å². The molecule has 0 N–H and O–H groups in total. The summed E-state index contributed by atoms with van der Waals surface area (Å²) >= 11 is 19.7. The maximum atomic E-state index is 13.7. The van der Waals surface area contributed by atoms with Crippen molar-refractivity contribution < 1.29 is 14.0 Å². The average molecular weight is 581 g/mol. The van der Waals surface area contributed by atoms with Gasteiger partial charge in [0.2, 0.25) is 0 Å². The Kier molecular flexibility index (Phi) is 7.40. The Morgan fingerprint density at radius 1 is 0.868 bits per heavy atom. The normalized spacial score (nSPS) is 13.9. The molecule has 0 saturated carbocycles. The summed E-state index contributed by atoms with van der Waals surface area (Å²) in [6, 6.07) is 19.3. The van der Waals surface area contributed by atoms with E-state index in [1.807, 2.05) is 32.0 Å². The molecule has 0 unspecified atom stereocenters. The molecule has 0 radical (unpaired) electrons. The number of thiocarbonyl (C=S) groups is 1. The van der Waals surface area contributed by atoms with Gasteiger partial charge < -0.3 is 4.42 Å². The molecule has 5 rings (SSSR count). The van der Waals surface area contributed by atoms with Gasteiger partial charge in [0.15, 0.2) is 10.2 Å². The van der Waals surface area contributed by atoms with Crippen LogP contribution in [0.5, 0.6) is 0 Å². The number of halogens is 2. The van der Waals surface area contributed by atoms with E-state index in [0.29, 0.717) is 32.3 Å². The Bertz CT molecular complexity index is 1540.